The van der Waals surface area contributed by atoms with E-state index in [4.69, 9.17) is 10.7 Å². The van der Waals surface area contributed by atoms with Gasteiger partial charge >= 0.3 is 0 Å². The van der Waals surface area contributed by atoms with E-state index >= 15 is 0 Å². The summed E-state index contributed by atoms with van der Waals surface area (Å²) in [4.78, 5) is 13.3. The summed E-state index contributed by atoms with van der Waals surface area (Å²) < 4.78 is 23.0. The van der Waals surface area contributed by atoms with E-state index in [1.165, 1.54) is 23.1 Å². The molecule has 0 saturated carbocycles. The van der Waals surface area contributed by atoms with Gasteiger partial charge in [0, 0.05) is 34.3 Å². The maximum atomic E-state index is 12.0. The van der Waals surface area contributed by atoms with Crippen molar-refractivity contribution >= 4 is 41.6 Å². The first-order chi connectivity index (χ1) is 8.25. The van der Waals surface area contributed by atoms with Gasteiger partial charge in [0.2, 0.25) is 0 Å². The van der Waals surface area contributed by atoms with Crippen molar-refractivity contribution in [2.75, 3.05) is 13.6 Å². The minimum Gasteiger partial charge on any atom is -0.338 e. The molecule has 0 N–H and O–H groups in total. The fraction of sp³-hybridized carbons (Fsp3) is 0.182. The second kappa shape index (κ2) is 5.86. The van der Waals surface area contributed by atoms with Crippen LogP contribution in [0.15, 0.2) is 40.2 Å². The number of carbonyl (C=O) groups excluding carboxylic acids is 1. The van der Waals surface area contributed by atoms with Crippen molar-refractivity contribution in [2.24, 2.45) is 0 Å². The van der Waals surface area contributed by atoms with Crippen LogP contribution in [0.5, 0.6) is 0 Å². The maximum Gasteiger partial charge on any atom is 0.261 e. The number of nitrogens with zero attached hydrogens (tertiary/aromatic N) is 1. The van der Waals surface area contributed by atoms with E-state index in [2.05, 4.69) is 22.5 Å². The normalized spacial score (nSPS) is 11.1. The van der Waals surface area contributed by atoms with Crippen LogP contribution in [-0.2, 0) is 9.05 Å². The van der Waals surface area contributed by atoms with E-state index in [1.54, 1.807) is 13.1 Å². The molecule has 7 heteroatoms. The zero-order valence-electron chi connectivity index (χ0n) is 9.56. The molecule has 18 heavy (non-hydrogen) atoms. The van der Waals surface area contributed by atoms with Crippen LogP contribution in [0.3, 0.4) is 0 Å². The molecule has 0 fully saturated rings. The van der Waals surface area contributed by atoms with Crippen LogP contribution in [0.1, 0.15) is 10.4 Å². The van der Waals surface area contributed by atoms with E-state index in [9.17, 15) is 13.2 Å². The van der Waals surface area contributed by atoms with Crippen LogP contribution in [0, 0.1) is 0 Å². The number of halogens is 2. The number of benzene rings is 1. The molecule has 0 aromatic heterocycles. The van der Waals surface area contributed by atoms with Gasteiger partial charge in [-0.2, -0.15) is 0 Å². The third-order valence-corrected chi connectivity index (χ3v) is 3.94. The molecular weight excluding hydrogens is 342 g/mol. The smallest absolute Gasteiger partial charge is 0.261 e. The van der Waals surface area contributed by atoms with Gasteiger partial charge in [0.15, 0.2) is 0 Å². The summed E-state index contributed by atoms with van der Waals surface area (Å²) in [6.07, 6.45) is 1.58. The fourth-order valence-electron chi connectivity index (χ4n) is 1.32. The van der Waals surface area contributed by atoms with Crippen molar-refractivity contribution in [3.8, 4) is 0 Å². The first kappa shape index (κ1) is 15.2. The van der Waals surface area contributed by atoms with Gasteiger partial charge in [-0.05, 0) is 18.2 Å². The molecule has 0 spiro atoms. The van der Waals surface area contributed by atoms with Gasteiger partial charge in [0.1, 0.15) is 0 Å². The van der Waals surface area contributed by atoms with Crippen molar-refractivity contribution in [3.63, 3.8) is 0 Å². The van der Waals surface area contributed by atoms with E-state index in [1.807, 2.05) is 0 Å². The molecule has 0 saturated heterocycles. The summed E-state index contributed by atoms with van der Waals surface area (Å²) in [6.45, 7) is 3.90. The predicted molar refractivity (Wildman–Crippen MR) is 74.3 cm³/mol. The number of carbonyl (C=O) groups is 1. The summed E-state index contributed by atoms with van der Waals surface area (Å²) in [6, 6.07) is 4.12. The van der Waals surface area contributed by atoms with Gasteiger partial charge in [0.25, 0.3) is 15.0 Å². The highest BCUT2D eigenvalue weighted by Gasteiger charge is 2.17. The van der Waals surface area contributed by atoms with Gasteiger partial charge in [-0.15, -0.1) is 6.58 Å². The minimum absolute atomic E-state index is 0.117. The molecule has 4 nitrogen and oxygen atoms in total. The van der Waals surface area contributed by atoms with Crippen molar-refractivity contribution < 1.29 is 13.2 Å². The average molecular weight is 353 g/mol. The molecule has 0 bridgehead atoms. The van der Waals surface area contributed by atoms with Crippen molar-refractivity contribution in [2.45, 2.75) is 4.90 Å². The van der Waals surface area contributed by atoms with Gasteiger partial charge in [0.05, 0.1) is 4.90 Å². The lowest BCUT2D eigenvalue weighted by Gasteiger charge is -2.15. The Morgan fingerprint density at radius 3 is 2.61 bits per heavy atom. The third-order valence-electron chi connectivity index (χ3n) is 2.15. The number of amides is 1. The fourth-order valence-corrected chi connectivity index (χ4v) is 2.77. The minimum atomic E-state index is -3.87. The summed E-state index contributed by atoms with van der Waals surface area (Å²) in [5.74, 6) is -0.308. The largest absolute Gasteiger partial charge is 0.338 e. The Balaban J connectivity index is 3.22. The Morgan fingerprint density at radius 2 is 2.11 bits per heavy atom. The van der Waals surface area contributed by atoms with E-state index in [-0.39, 0.29) is 16.4 Å². The molecule has 1 aromatic carbocycles. The van der Waals surface area contributed by atoms with E-state index < -0.39 is 9.05 Å². The first-order valence-corrected chi connectivity index (χ1v) is 7.97. The van der Waals surface area contributed by atoms with Crippen LogP contribution >= 0.6 is 26.6 Å². The standard InChI is InChI=1S/C11H11BrClNO3S/c1-3-4-14(2)11(15)8-5-9(12)7-10(6-8)18(13,16)17/h3,5-7H,1,4H2,2H3. The highest BCUT2D eigenvalue weighted by molar-refractivity contribution is 9.10. The molecule has 0 aliphatic heterocycles. The highest BCUT2D eigenvalue weighted by atomic mass is 79.9. The number of hydrogen-bond acceptors (Lipinski definition) is 3. The summed E-state index contributed by atoms with van der Waals surface area (Å²) in [5, 5.41) is 0. The molecular formula is C11H11BrClNO3S. The summed E-state index contributed by atoms with van der Waals surface area (Å²) in [5.41, 5.74) is 0.243. The quantitative estimate of drug-likeness (QED) is 0.618. The molecule has 1 amide bonds. The molecule has 0 radical (unpaired) electrons. The lowest BCUT2D eigenvalue weighted by atomic mass is 10.2. The number of rotatable bonds is 4. The van der Waals surface area contributed by atoms with Crippen LogP contribution in [0.25, 0.3) is 0 Å². The van der Waals surface area contributed by atoms with E-state index in [0.717, 1.165) is 0 Å². The van der Waals surface area contributed by atoms with Crippen LogP contribution in [0.4, 0.5) is 0 Å². The zero-order chi connectivity index (χ0) is 13.9. The Morgan fingerprint density at radius 1 is 1.50 bits per heavy atom. The van der Waals surface area contributed by atoms with Crippen molar-refractivity contribution in [1.82, 2.24) is 4.90 Å². The second-order valence-corrected chi connectivity index (χ2v) is 7.07. The van der Waals surface area contributed by atoms with Crippen LogP contribution in [-0.4, -0.2) is 32.8 Å². The predicted octanol–water partition coefficient (Wildman–Crippen LogP) is 2.63. The molecule has 0 aliphatic rings. The number of likely N-dealkylation sites (N-methyl/N-ethyl adjacent to an activating group) is 1. The topological polar surface area (TPSA) is 54.5 Å². The molecule has 0 unspecified atom stereocenters. The average Bonchev–Trinajstić information content (AvgIpc) is 2.26. The second-order valence-electron chi connectivity index (χ2n) is 3.59. The molecule has 0 atom stereocenters. The molecule has 98 valence electrons. The Bertz CT molecular complexity index is 586. The van der Waals surface area contributed by atoms with Crippen molar-refractivity contribution in [3.05, 3.63) is 40.9 Å². The third kappa shape index (κ3) is 3.83. The van der Waals surface area contributed by atoms with Gasteiger partial charge in [-0.25, -0.2) is 8.42 Å². The lowest BCUT2D eigenvalue weighted by molar-refractivity contribution is 0.0810. The highest BCUT2D eigenvalue weighted by Crippen LogP contribution is 2.23. The van der Waals surface area contributed by atoms with E-state index in [0.29, 0.717) is 11.0 Å². The van der Waals surface area contributed by atoms with Crippen LogP contribution in [0.2, 0.25) is 0 Å². The maximum absolute atomic E-state index is 12.0. The molecule has 0 aliphatic carbocycles. The molecule has 1 aromatic rings. The first-order valence-electron chi connectivity index (χ1n) is 4.87. The zero-order valence-corrected chi connectivity index (χ0v) is 12.7. The Hall–Kier alpha value is -0.850. The molecule has 0 heterocycles. The molecule has 1 rings (SSSR count). The summed E-state index contributed by atoms with van der Waals surface area (Å²) in [7, 11) is 2.99. The van der Waals surface area contributed by atoms with Crippen LogP contribution < -0.4 is 0 Å². The monoisotopic (exact) mass is 351 g/mol. The van der Waals surface area contributed by atoms with Gasteiger partial charge < -0.3 is 4.90 Å². The van der Waals surface area contributed by atoms with Crippen molar-refractivity contribution in [1.29, 1.82) is 0 Å². The number of hydrogen-bond donors (Lipinski definition) is 0. The van der Waals surface area contributed by atoms with Gasteiger partial charge in [-0.1, -0.05) is 22.0 Å². The Kier molecular flexibility index (Phi) is 4.95. The Labute approximate surface area is 119 Å². The lowest BCUT2D eigenvalue weighted by Crippen LogP contribution is -2.26. The summed E-state index contributed by atoms with van der Waals surface area (Å²) >= 11 is 3.15. The SMILES string of the molecule is C=CCN(C)C(=O)c1cc(Br)cc(S(=O)(=O)Cl)c1. The van der Waals surface area contributed by atoms with Gasteiger partial charge in [-0.3, -0.25) is 4.79 Å².